The summed E-state index contributed by atoms with van der Waals surface area (Å²) in [6.07, 6.45) is 4.39. The molecule has 2 aromatic heterocycles. The number of nitrogens with one attached hydrogen (secondary N) is 4. The lowest BCUT2D eigenvalue weighted by Gasteiger charge is -2.31. The highest BCUT2D eigenvalue weighted by Gasteiger charge is 2.39. The number of nitrogens with zero attached hydrogens (tertiary/aromatic N) is 4. The Morgan fingerprint density at radius 1 is 0.919 bits per heavy atom. The van der Waals surface area contributed by atoms with Gasteiger partial charge in [-0.1, -0.05) is 63.2 Å². The molecular formula is C47H54N8O7. The van der Waals surface area contributed by atoms with Crippen LogP contribution in [0.15, 0.2) is 66.9 Å². The quantitative estimate of drug-likeness (QED) is 0.0985. The number of carbonyl (C=O) groups is 4. The molecule has 0 spiro atoms. The third kappa shape index (κ3) is 8.10. The summed E-state index contributed by atoms with van der Waals surface area (Å²) in [6.45, 7) is 9.19. The molecule has 8 rings (SSSR count). The van der Waals surface area contributed by atoms with Crippen LogP contribution in [0.4, 0.5) is 9.59 Å². The Morgan fingerprint density at radius 3 is 2.44 bits per heavy atom. The molecule has 4 atom stereocenters. The third-order valence-corrected chi connectivity index (χ3v) is 12.3. The molecule has 0 bridgehead atoms. The van der Waals surface area contributed by atoms with Crippen LogP contribution in [0.1, 0.15) is 99.1 Å². The van der Waals surface area contributed by atoms with E-state index in [1.807, 2.05) is 62.9 Å². The number of fused-ring (bicyclic) bond motifs is 6. The van der Waals surface area contributed by atoms with E-state index < -0.39 is 30.3 Å². The first kappa shape index (κ1) is 42.1. The predicted molar refractivity (Wildman–Crippen MR) is 232 cm³/mol. The van der Waals surface area contributed by atoms with Gasteiger partial charge in [-0.3, -0.25) is 9.59 Å². The lowest BCUT2D eigenvalue weighted by molar-refractivity contribution is -0.136. The number of amides is 4. The van der Waals surface area contributed by atoms with Crippen LogP contribution in [0.25, 0.3) is 33.6 Å². The van der Waals surface area contributed by atoms with Crippen molar-refractivity contribution in [1.29, 1.82) is 0 Å². The highest BCUT2D eigenvalue weighted by atomic mass is 16.5. The number of aromatic nitrogens is 4. The first-order valence-corrected chi connectivity index (χ1v) is 21.4. The maximum absolute atomic E-state index is 14.1. The van der Waals surface area contributed by atoms with E-state index in [9.17, 15) is 19.2 Å². The number of imidazole rings is 2. The van der Waals surface area contributed by atoms with Crippen LogP contribution in [0, 0.1) is 5.92 Å². The zero-order valence-corrected chi connectivity index (χ0v) is 36.0. The van der Waals surface area contributed by atoms with Gasteiger partial charge in [0.15, 0.2) is 0 Å². The fraction of sp³-hybridized carbons (Fsp3) is 0.404. The van der Waals surface area contributed by atoms with Crippen molar-refractivity contribution >= 4 is 24.0 Å². The summed E-state index contributed by atoms with van der Waals surface area (Å²) in [5, 5.41) is 5.45. The average Bonchev–Trinajstić information content (AvgIpc) is 4.09. The summed E-state index contributed by atoms with van der Waals surface area (Å²) in [6, 6.07) is 17.6. The second kappa shape index (κ2) is 17.8. The van der Waals surface area contributed by atoms with Crippen molar-refractivity contribution in [2.24, 2.45) is 5.92 Å². The van der Waals surface area contributed by atoms with Crippen LogP contribution in [0.3, 0.4) is 0 Å². The molecule has 15 nitrogen and oxygen atoms in total. The standard InChI is InChI=1S/C47H54N8O7/c1-7-19-54(45(57)40(53-47(59)61-6)28-12-9-8-10-13-28)27(4)42-48-24-36(50-42)30-15-17-32-31(21-30)25-62-38-23-33-29(22-34(32)38)16-18-35-41(33)51-43(49-35)37-14-11-20-55(37)44(56)39(26(2)3)52-46(58)60-5/h8-10,12-13,15,17,21-24,26-27,37,39-40H,7,11,14,16,18-20,25H2,1-6H3,(H,48,50)(H,49,51)(H,52,58)(H,53,59)/t27-,37-,39-,40+/m0/s1. The minimum atomic E-state index is -0.928. The van der Waals surface area contributed by atoms with Gasteiger partial charge in [-0.05, 0) is 91.0 Å². The van der Waals surface area contributed by atoms with Gasteiger partial charge in [0.1, 0.15) is 36.1 Å². The molecule has 4 amide bonds. The van der Waals surface area contributed by atoms with Gasteiger partial charge in [0.25, 0.3) is 5.91 Å². The molecule has 4 heterocycles. The number of likely N-dealkylation sites (tertiary alicyclic amines) is 1. The van der Waals surface area contributed by atoms with Gasteiger partial charge in [0.05, 0.1) is 49.6 Å². The number of rotatable bonds is 12. The minimum absolute atomic E-state index is 0.117. The Balaban J connectivity index is 1.01. The highest BCUT2D eigenvalue weighted by molar-refractivity contribution is 5.88. The van der Waals surface area contributed by atoms with E-state index in [2.05, 4.69) is 50.9 Å². The molecule has 1 aliphatic carbocycles. The minimum Gasteiger partial charge on any atom is -0.488 e. The van der Waals surface area contributed by atoms with E-state index in [0.29, 0.717) is 37.5 Å². The van der Waals surface area contributed by atoms with Crippen LogP contribution in [-0.4, -0.2) is 87.1 Å². The van der Waals surface area contributed by atoms with E-state index in [1.54, 1.807) is 11.1 Å². The molecule has 1 fully saturated rings. The molecule has 4 N–H and O–H groups in total. The molecule has 0 radical (unpaired) electrons. The second-order valence-corrected chi connectivity index (χ2v) is 16.5. The number of methoxy groups -OCH3 is 2. The number of ether oxygens (including phenoxy) is 3. The number of aryl methyl sites for hydroxylation is 2. The summed E-state index contributed by atoms with van der Waals surface area (Å²) in [5.74, 6) is 1.68. The van der Waals surface area contributed by atoms with Crippen LogP contribution in [0.5, 0.6) is 5.75 Å². The number of H-pyrrole nitrogens is 2. The van der Waals surface area contributed by atoms with E-state index in [1.165, 1.54) is 19.8 Å². The van der Waals surface area contributed by atoms with Gasteiger partial charge in [0, 0.05) is 24.2 Å². The van der Waals surface area contributed by atoms with Crippen molar-refractivity contribution in [1.82, 2.24) is 40.4 Å². The predicted octanol–water partition coefficient (Wildman–Crippen LogP) is 7.57. The topological polar surface area (TPSA) is 184 Å². The fourth-order valence-corrected chi connectivity index (χ4v) is 8.98. The Hall–Kier alpha value is -6.64. The highest BCUT2D eigenvalue weighted by Crippen LogP contribution is 2.45. The third-order valence-electron chi connectivity index (χ3n) is 12.3. The van der Waals surface area contributed by atoms with Crippen molar-refractivity contribution in [3.8, 4) is 39.4 Å². The number of benzene rings is 3. The van der Waals surface area contributed by atoms with Crippen molar-refractivity contribution in [2.75, 3.05) is 27.3 Å². The van der Waals surface area contributed by atoms with Crippen molar-refractivity contribution in [3.05, 3.63) is 101 Å². The number of hydrogen-bond donors (Lipinski definition) is 4. The summed E-state index contributed by atoms with van der Waals surface area (Å²) >= 11 is 0. The molecule has 3 aliphatic rings. The van der Waals surface area contributed by atoms with E-state index in [0.717, 1.165) is 82.2 Å². The largest absolute Gasteiger partial charge is 0.488 e. The van der Waals surface area contributed by atoms with E-state index >= 15 is 0 Å². The molecule has 0 unspecified atom stereocenters. The number of carbonyl (C=O) groups excluding carboxylic acids is 4. The van der Waals surface area contributed by atoms with Gasteiger partial charge in [-0.2, -0.15) is 0 Å². The number of aromatic amines is 2. The van der Waals surface area contributed by atoms with Crippen molar-refractivity contribution in [3.63, 3.8) is 0 Å². The lowest BCUT2D eigenvalue weighted by Crippen LogP contribution is -2.51. The summed E-state index contributed by atoms with van der Waals surface area (Å²) in [5.41, 5.74) is 9.78. The molecule has 1 saturated heterocycles. The summed E-state index contributed by atoms with van der Waals surface area (Å²) in [7, 11) is 2.57. The molecule has 3 aromatic carbocycles. The molecule has 324 valence electrons. The van der Waals surface area contributed by atoms with Gasteiger partial charge in [-0.15, -0.1) is 0 Å². The Kier molecular flexibility index (Phi) is 12.0. The smallest absolute Gasteiger partial charge is 0.407 e. The Bertz CT molecular complexity index is 2480. The monoisotopic (exact) mass is 842 g/mol. The van der Waals surface area contributed by atoms with Crippen LogP contribution in [-0.2, 0) is 38.5 Å². The van der Waals surface area contributed by atoms with Gasteiger partial charge in [0.2, 0.25) is 5.91 Å². The van der Waals surface area contributed by atoms with Gasteiger partial charge in [-0.25, -0.2) is 19.6 Å². The van der Waals surface area contributed by atoms with Gasteiger partial charge < -0.3 is 44.6 Å². The Morgan fingerprint density at radius 2 is 1.69 bits per heavy atom. The fourth-order valence-electron chi connectivity index (χ4n) is 8.98. The number of alkyl carbamates (subject to hydrolysis) is 2. The van der Waals surface area contributed by atoms with Crippen LogP contribution < -0.4 is 15.4 Å². The summed E-state index contributed by atoms with van der Waals surface area (Å²) < 4.78 is 16.1. The van der Waals surface area contributed by atoms with E-state index in [-0.39, 0.29) is 23.8 Å². The first-order valence-electron chi connectivity index (χ1n) is 21.4. The van der Waals surface area contributed by atoms with Crippen molar-refractivity contribution in [2.45, 2.75) is 90.6 Å². The molecule has 15 heteroatoms. The lowest BCUT2D eigenvalue weighted by atomic mass is 9.86. The zero-order valence-electron chi connectivity index (χ0n) is 36.0. The molecule has 0 saturated carbocycles. The average molecular weight is 843 g/mol. The normalized spacial score (nSPS) is 16.4. The Labute approximate surface area is 360 Å². The maximum Gasteiger partial charge on any atom is 0.407 e. The molecule has 5 aromatic rings. The van der Waals surface area contributed by atoms with Crippen LogP contribution >= 0.6 is 0 Å². The van der Waals surface area contributed by atoms with Crippen LogP contribution in [0.2, 0.25) is 0 Å². The first-order chi connectivity index (χ1) is 30.0. The molecule has 2 aliphatic heterocycles. The molecule has 62 heavy (non-hydrogen) atoms. The number of hydrogen-bond acceptors (Lipinski definition) is 9. The van der Waals surface area contributed by atoms with E-state index in [4.69, 9.17) is 24.2 Å². The summed E-state index contributed by atoms with van der Waals surface area (Å²) in [4.78, 5) is 72.8. The maximum atomic E-state index is 14.1. The molecular weight excluding hydrogens is 789 g/mol. The SMILES string of the molecule is CCCN(C(=O)[C@H](NC(=O)OC)c1ccccc1)[C@@H](C)c1ncc(-c2ccc3c(c2)COc2cc4c(cc2-3)CCc2nc([C@@H]3CCCN3C(=O)[C@@H](NC(=O)OC)C(C)C)[nH]c2-4)[nH]1. The van der Waals surface area contributed by atoms with Gasteiger partial charge >= 0.3 is 12.2 Å². The van der Waals surface area contributed by atoms with Crippen molar-refractivity contribution < 1.29 is 33.4 Å². The second-order valence-electron chi connectivity index (χ2n) is 16.5. The zero-order chi connectivity index (χ0) is 43.7.